The largest absolute Gasteiger partial charge is 0.463 e. The van der Waals surface area contributed by atoms with Crippen molar-refractivity contribution < 1.29 is 14.6 Å². The van der Waals surface area contributed by atoms with Crippen LogP contribution < -0.4 is 0 Å². The molecule has 2 rings (SSSR count). The quantitative estimate of drug-likeness (QED) is 0.795. The maximum Gasteiger partial charge on any atom is 0.334 e. The lowest BCUT2D eigenvalue weighted by atomic mass is 10.1. The molecule has 110 valence electrons. The van der Waals surface area contributed by atoms with Crippen molar-refractivity contribution in [2.45, 2.75) is 25.4 Å². The molecule has 0 aliphatic carbocycles. The van der Waals surface area contributed by atoms with Crippen LogP contribution in [0, 0.1) is 0 Å². The van der Waals surface area contributed by atoms with Gasteiger partial charge in [0.05, 0.1) is 6.61 Å². The van der Waals surface area contributed by atoms with Crippen molar-refractivity contribution in [2.75, 3.05) is 6.61 Å². The molecule has 2 aromatic carbocycles. The minimum atomic E-state index is -1.05. The van der Waals surface area contributed by atoms with E-state index in [-0.39, 0.29) is 0 Å². The summed E-state index contributed by atoms with van der Waals surface area (Å²) in [5.41, 5.74) is 2.22. The Morgan fingerprint density at radius 1 is 0.905 bits per heavy atom. The first-order chi connectivity index (χ1) is 10.3. The zero-order valence-corrected chi connectivity index (χ0v) is 11.9. The minimum absolute atomic E-state index is 0.297. The lowest BCUT2D eigenvalue weighted by Gasteiger charge is -2.10. The van der Waals surface area contributed by atoms with Crippen LogP contribution in [0.15, 0.2) is 60.7 Å². The Kier molecular flexibility index (Phi) is 5.98. The van der Waals surface area contributed by atoms with Gasteiger partial charge in [-0.25, -0.2) is 4.79 Å². The van der Waals surface area contributed by atoms with Crippen LogP contribution in [0.5, 0.6) is 0 Å². The number of hydrogen-bond acceptors (Lipinski definition) is 3. The zero-order valence-electron chi connectivity index (χ0n) is 11.9. The van der Waals surface area contributed by atoms with Crippen molar-refractivity contribution in [3.63, 3.8) is 0 Å². The predicted octanol–water partition coefficient (Wildman–Crippen LogP) is 2.77. The number of carbonyl (C=O) groups is 1. The van der Waals surface area contributed by atoms with Crippen LogP contribution in [0.1, 0.15) is 17.5 Å². The van der Waals surface area contributed by atoms with E-state index in [1.165, 1.54) is 0 Å². The highest BCUT2D eigenvalue weighted by atomic mass is 16.5. The van der Waals surface area contributed by atoms with Crippen LogP contribution in [0.4, 0.5) is 0 Å². The van der Waals surface area contributed by atoms with Gasteiger partial charge in [-0.15, -0.1) is 0 Å². The molecule has 0 saturated heterocycles. The maximum atomic E-state index is 11.7. The average Bonchev–Trinajstić information content (AvgIpc) is 2.54. The number of carbonyl (C=O) groups excluding carboxylic acids is 1. The molecule has 3 nitrogen and oxygen atoms in total. The van der Waals surface area contributed by atoms with Gasteiger partial charge < -0.3 is 9.84 Å². The average molecular weight is 284 g/mol. The third kappa shape index (κ3) is 5.40. The first kappa shape index (κ1) is 15.3. The lowest BCUT2D eigenvalue weighted by Crippen LogP contribution is -2.24. The van der Waals surface area contributed by atoms with Crippen molar-refractivity contribution in [1.82, 2.24) is 0 Å². The van der Waals surface area contributed by atoms with E-state index in [2.05, 4.69) is 0 Å². The summed E-state index contributed by atoms with van der Waals surface area (Å²) >= 11 is 0. The van der Waals surface area contributed by atoms with Crippen LogP contribution in [-0.2, 0) is 22.4 Å². The normalized spacial score (nSPS) is 11.9. The van der Waals surface area contributed by atoms with Crippen molar-refractivity contribution in [3.8, 4) is 0 Å². The Bertz CT molecular complexity index is 537. The Morgan fingerprint density at radius 3 is 2.00 bits per heavy atom. The molecule has 0 spiro atoms. The zero-order chi connectivity index (χ0) is 14.9. The molecule has 0 fully saturated rings. The Hall–Kier alpha value is -2.13. The highest BCUT2D eigenvalue weighted by Crippen LogP contribution is 2.07. The van der Waals surface area contributed by atoms with Gasteiger partial charge in [0.15, 0.2) is 6.10 Å². The maximum absolute atomic E-state index is 11.7. The predicted molar refractivity (Wildman–Crippen MR) is 81.9 cm³/mol. The molecule has 3 heteroatoms. The molecule has 1 atom stereocenters. The van der Waals surface area contributed by atoms with Crippen LogP contribution in [-0.4, -0.2) is 23.8 Å². The first-order valence-corrected chi connectivity index (χ1v) is 7.18. The summed E-state index contributed by atoms with van der Waals surface area (Å²) in [5, 5.41) is 9.80. The van der Waals surface area contributed by atoms with Gasteiger partial charge in [-0.1, -0.05) is 60.7 Å². The van der Waals surface area contributed by atoms with Crippen molar-refractivity contribution in [3.05, 3.63) is 71.8 Å². The second-order valence-electron chi connectivity index (χ2n) is 4.94. The highest BCUT2D eigenvalue weighted by molar-refractivity contribution is 5.74. The number of aliphatic hydroxyl groups excluding tert-OH is 1. The number of aliphatic hydroxyl groups is 1. The number of aryl methyl sites for hydroxylation is 1. The highest BCUT2D eigenvalue weighted by Gasteiger charge is 2.16. The van der Waals surface area contributed by atoms with Crippen molar-refractivity contribution in [1.29, 1.82) is 0 Å². The van der Waals surface area contributed by atoms with E-state index < -0.39 is 12.1 Å². The summed E-state index contributed by atoms with van der Waals surface area (Å²) in [5.74, 6) is -0.540. The standard InChI is InChI=1S/C18H20O3/c19-17(12-11-15-7-3-1-4-8-15)18(20)21-14-13-16-9-5-2-6-10-16/h1-10,17,19H,11-14H2. The van der Waals surface area contributed by atoms with Gasteiger partial charge in [0.1, 0.15) is 0 Å². The Labute approximate surface area is 125 Å². The summed E-state index contributed by atoms with van der Waals surface area (Å²) in [6, 6.07) is 19.6. The SMILES string of the molecule is O=C(OCCc1ccccc1)C(O)CCc1ccccc1. The third-order valence-corrected chi connectivity index (χ3v) is 3.30. The third-order valence-electron chi connectivity index (χ3n) is 3.30. The van der Waals surface area contributed by atoms with E-state index in [1.807, 2.05) is 60.7 Å². The van der Waals surface area contributed by atoms with Gasteiger partial charge in [-0.3, -0.25) is 0 Å². The number of hydrogen-bond donors (Lipinski definition) is 1. The molecule has 0 aromatic heterocycles. The molecular formula is C18H20O3. The molecule has 0 aliphatic heterocycles. The first-order valence-electron chi connectivity index (χ1n) is 7.18. The van der Waals surface area contributed by atoms with E-state index >= 15 is 0 Å². The molecule has 0 aliphatic rings. The molecule has 0 heterocycles. The monoisotopic (exact) mass is 284 g/mol. The summed E-state index contributed by atoms with van der Waals surface area (Å²) in [4.78, 5) is 11.7. The van der Waals surface area contributed by atoms with E-state index in [9.17, 15) is 9.90 Å². The summed E-state index contributed by atoms with van der Waals surface area (Å²) < 4.78 is 5.11. The number of benzene rings is 2. The summed E-state index contributed by atoms with van der Waals surface area (Å²) in [6.45, 7) is 0.297. The number of rotatable bonds is 7. The molecule has 21 heavy (non-hydrogen) atoms. The van der Waals surface area contributed by atoms with E-state index in [1.54, 1.807) is 0 Å². The van der Waals surface area contributed by atoms with Crippen molar-refractivity contribution >= 4 is 5.97 Å². The Morgan fingerprint density at radius 2 is 1.43 bits per heavy atom. The molecule has 2 aromatic rings. The van der Waals surface area contributed by atoms with Gasteiger partial charge in [-0.05, 0) is 24.0 Å². The number of ether oxygens (including phenoxy) is 1. The molecule has 1 N–H and O–H groups in total. The van der Waals surface area contributed by atoms with Gasteiger partial charge in [0.2, 0.25) is 0 Å². The second kappa shape index (κ2) is 8.22. The van der Waals surface area contributed by atoms with Crippen LogP contribution in [0.2, 0.25) is 0 Å². The molecule has 0 saturated carbocycles. The summed E-state index contributed by atoms with van der Waals surface area (Å²) in [6.07, 6.45) is 0.656. The fourth-order valence-electron chi connectivity index (χ4n) is 2.08. The topological polar surface area (TPSA) is 46.5 Å². The van der Waals surface area contributed by atoms with E-state index in [0.717, 1.165) is 11.1 Å². The fourth-order valence-corrected chi connectivity index (χ4v) is 2.08. The van der Waals surface area contributed by atoms with Crippen LogP contribution >= 0.6 is 0 Å². The fraction of sp³-hybridized carbons (Fsp3) is 0.278. The van der Waals surface area contributed by atoms with Gasteiger partial charge in [-0.2, -0.15) is 0 Å². The van der Waals surface area contributed by atoms with Crippen LogP contribution in [0.3, 0.4) is 0 Å². The lowest BCUT2D eigenvalue weighted by molar-refractivity contribution is -0.153. The van der Waals surface area contributed by atoms with Gasteiger partial charge in [0.25, 0.3) is 0 Å². The van der Waals surface area contributed by atoms with Gasteiger partial charge in [0, 0.05) is 6.42 Å². The minimum Gasteiger partial charge on any atom is -0.463 e. The van der Waals surface area contributed by atoms with Crippen molar-refractivity contribution in [2.24, 2.45) is 0 Å². The van der Waals surface area contributed by atoms with E-state index in [4.69, 9.17) is 4.74 Å². The second-order valence-corrected chi connectivity index (χ2v) is 4.94. The van der Waals surface area contributed by atoms with E-state index in [0.29, 0.717) is 25.9 Å². The Balaban J connectivity index is 1.68. The molecule has 0 radical (unpaired) electrons. The van der Waals surface area contributed by atoms with Crippen LogP contribution in [0.25, 0.3) is 0 Å². The molecule has 1 unspecified atom stereocenters. The number of esters is 1. The molecule has 0 bridgehead atoms. The molecule has 0 amide bonds. The molecular weight excluding hydrogens is 264 g/mol. The smallest absolute Gasteiger partial charge is 0.334 e. The van der Waals surface area contributed by atoms with Gasteiger partial charge >= 0.3 is 5.97 Å². The summed E-state index contributed by atoms with van der Waals surface area (Å²) in [7, 11) is 0.